The summed E-state index contributed by atoms with van der Waals surface area (Å²) in [6.45, 7) is 4.59. The number of hydrogen-bond acceptors (Lipinski definition) is 2. The van der Waals surface area contributed by atoms with Gasteiger partial charge in [-0.3, -0.25) is 4.79 Å². The Labute approximate surface area is 162 Å². The van der Waals surface area contributed by atoms with Crippen molar-refractivity contribution in [3.8, 4) is 0 Å². The van der Waals surface area contributed by atoms with Gasteiger partial charge in [0.15, 0.2) is 0 Å². The molecule has 1 saturated heterocycles. The van der Waals surface area contributed by atoms with E-state index in [9.17, 15) is 39.9 Å². The number of carbonyl (C=O) groups excluding carboxylic acids is 1. The van der Waals surface area contributed by atoms with E-state index in [0.29, 0.717) is 33.9 Å². The van der Waals surface area contributed by atoms with Crippen molar-refractivity contribution in [3.63, 3.8) is 0 Å². The number of ketones is 1. The van der Waals surface area contributed by atoms with Gasteiger partial charge in [0.2, 0.25) is 5.75 Å². The molecule has 3 aliphatic carbocycles. The van der Waals surface area contributed by atoms with Crippen LogP contribution in [0.2, 0.25) is 0 Å². The van der Waals surface area contributed by atoms with Crippen molar-refractivity contribution in [2.24, 2.45) is 22.7 Å². The summed E-state index contributed by atoms with van der Waals surface area (Å²) in [6, 6.07) is 0. The Balaban J connectivity index is 0.000000279. The molecule has 0 spiro atoms. The average Bonchev–Trinajstić information content (AvgIpc) is 3.14. The minimum atomic E-state index is -10.7. The molecule has 4 aliphatic rings. The zero-order valence-corrected chi connectivity index (χ0v) is 17.4. The molecular weight excluding hydrogens is 429 g/mol. The molecule has 1 heterocycles. The normalized spacial score (nSPS) is 43.3. The molecule has 1 unspecified atom stereocenters. The molecule has 164 valence electrons. The second kappa shape index (κ2) is 5.80. The van der Waals surface area contributed by atoms with Crippen molar-refractivity contribution < 1.29 is 39.9 Å². The molecular formula is C17H25F6O3PS. The van der Waals surface area contributed by atoms with Crippen LogP contribution >= 0.6 is 7.81 Å². The van der Waals surface area contributed by atoms with E-state index in [4.69, 9.17) is 0 Å². The number of fused-ring (bicyclic) bond motifs is 4. The van der Waals surface area contributed by atoms with Crippen LogP contribution in [0.25, 0.3) is 0 Å². The third-order valence-corrected chi connectivity index (χ3v) is 10.7. The van der Waals surface area contributed by atoms with E-state index in [1.807, 2.05) is 0 Å². The Bertz CT molecular complexity index is 698. The number of hydrogen-bond donors (Lipinski definition) is 1. The van der Waals surface area contributed by atoms with E-state index in [2.05, 4.69) is 13.8 Å². The van der Waals surface area contributed by atoms with Crippen LogP contribution in [0.5, 0.6) is 0 Å². The molecule has 3 nitrogen and oxygen atoms in total. The Morgan fingerprint density at radius 2 is 1.71 bits per heavy atom. The second-order valence-corrected chi connectivity index (χ2v) is 13.5. The van der Waals surface area contributed by atoms with Crippen LogP contribution in [0, 0.1) is 22.7 Å². The number of Topliss-reactive ketones (excluding diaryl/α,β-unsaturated/α-hetero) is 1. The van der Waals surface area contributed by atoms with Crippen LogP contribution in [0.3, 0.4) is 0 Å². The van der Waals surface area contributed by atoms with Gasteiger partial charge < -0.3 is 5.11 Å². The molecule has 4 rings (SSSR count). The van der Waals surface area contributed by atoms with Crippen molar-refractivity contribution in [3.05, 3.63) is 0 Å². The molecule has 0 aromatic rings. The SMILES string of the molecule is CC1(C)[C@@H]2CC[C@@]1([C@@H]1[C@@H]3CC[C@@H](C3)[S+]1CC(=O)O)C(=O)C2.F[P-](F)(F)(F)(F)F. The summed E-state index contributed by atoms with van der Waals surface area (Å²) in [5, 5.41) is 10.3. The van der Waals surface area contributed by atoms with E-state index in [-0.39, 0.29) is 21.7 Å². The van der Waals surface area contributed by atoms with Crippen LogP contribution in [0.15, 0.2) is 0 Å². The Morgan fingerprint density at radius 3 is 2.14 bits per heavy atom. The van der Waals surface area contributed by atoms with E-state index < -0.39 is 13.8 Å². The van der Waals surface area contributed by atoms with Crippen LogP contribution in [-0.4, -0.2) is 33.1 Å². The predicted octanol–water partition coefficient (Wildman–Crippen LogP) is 6.02. The number of carbonyl (C=O) groups is 2. The third kappa shape index (κ3) is 4.05. The van der Waals surface area contributed by atoms with Gasteiger partial charge in [-0.05, 0) is 37.0 Å². The maximum absolute atomic E-state index is 12.9. The Morgan fingerprint density at radius 1 is 1.14 bits per heavy atom. The molecule has 4 bridgehead atoms. The van der Waals surface area contributed by atoms with Crippen molar-refractivity contribution in [1.82, 2.24) is 0 Å². The summed E-state index contributed by atoms with van der Waals surface area (Å²) < 4.78 is 59.2. The summed E-state index contributed by atoms with van der Waals surface area (Å²) in [6.07, 6.45) is 6.58. The first-order valence-corrected chi connectivity index (χ1v) is 12.9. The first-order valence-electron chi connectivity index (χ1n) is 9.33. The summed E-state index contributed by atoms with van der Waals surface area (Å²) >= 11 is 0. The summed E-state index contributed by atoms with van der Waals surface area (Å²) in [4.78, 5) is 24.3. The number of carboxylic acids is 1. The van der Waals surface area contributed by atoms with Crippen molar-refractivity contribution in [2.45, 2.75) is 62.9 Å². The Hall–Kier alpha value is -0.500. The first kappa shape index (κ1) is 22.2. The van der Waals surface area contributed by atoms with Gasteiger partial charge in [0, 0.05) is 29.7 Å². The zero-order chi connectivity index (χ0) is 21.4. The van der Waals surface area contributed by atoms with Gasteiger partial charge in [-0.25, -0.2) is 4.79 Å². The van der Waals surface area contributed by atoms with E-state index >= 15 is 0 Å². The standard InChI is InChI=1S/C17H24O3S.F6P/c1-16(2)11-5-6-17(16,13(18)8-11)15-10-3-4-12(7-10)21(15)9-14(19)20;1-7(2,3,4,5)6/h10-12,15H,3-9H2,1-2H3;/q;-1/p+1/t10-,11-,12+,15+,17+,21?;/m1./s1. The quantitative estimate of drug-likeness (QED) is 0.322. The van der Waals surface area contributed by atoms with Gasteiger partial charge in [-0.1, -0.05) is 13.8 Å². The molecule has 3 saturated carbocycles. The molecule has 1 aliphatic heterocycles. The van der Waals surface area contributed by atoms with Gasteiger partial charge >= 0.3 is 39.0 Å². The molecule has 0 aromatic heterocycles. The summed E-state index contributed by atoms with van der Waals surface area (Å²) in [7, 11) is -10.7. The molecule has 0 radical (unpaired) electrons. The monoisotopic (exact) mass is 454 g/mol. The van der Waals surface area contributed by atoms with E-state index in [0.717, 1.165) is 12.8 Å². The van der Waals surface area contributed by atoms with E-state index in [1.165, 1.54) is 25.7 Å². The van der Waals surface area contributed by atoms with Gasteiger partial charge in [-0.15, -0.1) is 0 Å². The van der Waals surface area contributed by atoms with Gasteiger partial charge in [0.1, 0.15) is 16.3 Å². The zero-order valence-electron chi connectivity index (χ0n) is 15.6. The van der Waals surface area contributed by atoms with Gasteiger partial charge in [-0.2, -0.15) is 0 Å². The Kier molecular flexibility index (Phi) is 4.60. The molecule has 4 fully saturated rings. The number of carboxylic acid groups (broad SMARTS) is 1. The van der Waals surface area contributed by atoms with E-state index in [1.54, 1.807) is 0 Å². The number of aliphatic carboxylic acids is 1. The fourth-order valence-corrected chi connectivity index (χ4v) is 10.2. The van der Waals surface area contributed by atoms with Gasteiger partial charge in [0.25, 0.3) is 0 Å². The first-order chi connectivity index (χ1) is 12.3. The minimum absolute atomic E-state index is 0.0733. The molecule has 11 heteroatoms. The maximum atomic E-state index is 12.9. The van der Waals surface area contributed by atoms with Gasteiger partial charge in [0.05, 0.1) is 5.41 Å². The van der Waals surface area contributed by atoms with Crippen LogP contribution < -0.4 is 0 Å². The fourth-order valence-electron chi connectivity index (χ4n) is 6.37. The molecule has 1 N–H and O–H groups in total. The molecule has 0 aromatic carbocycles. The third-order valence-electron chi connectivity index (χ3n) is 7.37. The fraction of sp³-hybridized carbons (Fsp3) is 0.882. The topological polar surface area (TPSA) is 54.4 Å². The number of rotatable bonds is 3. The molecule has 28 heavy (non-hydrogen) atoms. The van der Waals surface area contributed by atoms with Crippen molar-refractivity contribution in [1.29, 1.82) is 0 Å². The summed E-state index contributed by atoms with van der Waals surface area (Å²) in [5.74, 6) is 1.29. The van der Waals surface area contributed by atoms with Crippen LogP contribution in [0.1, 0.15) is 52.4 Å². The average molecular weight is 454 g/mol. The molecule has 0 amide bonds. The van der Waals surface area contributed by atoms with Crippen molar-refractivity contribution >= 4 is 30.5 Å². The second-order valence-electron chi connectivity index (χ2n) is 9.14. The van der Waals surface area contributed by atoms with Crippen LogP contribution in [-0.2, 0) is 20.5 Å². The van der Waals surface area contributed by atoms with Crippen molar-refractivity contribution in [2.75, 3.05) is 5.75 Å². The number of halogens is 6. The molecule has 6 atom stereocenters. The summed E-state index contributed by atoms with van der Waals surface area (Å²) in [5.41, 5.74) is -0.0982. The van der Waals surface area contributed by atoms with Crippen LogP contribution in [0.4, 0.5) is 25.2 Å². The predicted molar refractivity (Wildman–Crippen MR) is 96.9 cm³/mol.